The van der Waals surface area contributed by atoms with E-state index in [0.29, 0.717) is 12.2 Å². The van der Waals surface area contributed by atoms with Crippen LogP contribution in [0.15, 0.2) is 47.4 Å². The smallest absolute Gasteiger partial charge is 0.269 e. The molecule has 4 nitrogen and oxygen atoms in total. The number of carbonyl (C=O) groups excluding carboxylic acids is 1. The average Bonchev–Trinajstić information content (AvgIpc) is 2.75. The molecule has 0 aromatic heterocycles. The topological polar surface area (TPSA) is 60.2 Å². The lowest BCUT2D eigenvalue weighted by molar-refractivity contribution is -0.384. The Kier molecular flexibility index (Phi) is 9.26. The summed E-state index contributed by atoms with van der Waals surface area (Å²) in [5.41, 5.74) is 2.82. The molecule has 0 bridgehead atoms. The number of hydrogen-bond acceptors (Lipinski definition) is 3. The van der Waals surface area contributed by atoms with Gasteiger partial charge in [-0.05, 0) is 54.0 Å². The fourth-order valence-corrected chi connectivity index (χ4v) is 7.03. The van der Waals surface area contributed by atoms with Gasteiger partial charge in [0.2, 0.25) is 0 Å². The summed E-state index contributed by atoms with van der Waals surface area (Å²) in [6.07, 6.45) is 7.65. The number of nitro benzene ring substituents is 1. The summed E-state index contributed by atoms with van der Waals surface area (Å²) in [6.45, 7) is 6.35. The Morgan fingerprint density at radius 3 is 2.28 bits per heavy atom. The van der Waals surface area contributed by atoms with Gasteiger partial charge < -0.3 is 4.79 Å². The van der Waals surface area contributed by atoms with E-state index in [9.17, 15) is 14.9 Å². The number of benzene rings is 2. The third-order valence-corrected chi connectivity index (χ3v) is 8.53. The van der Waals surface area contributed by atoms with Crippen LogP contribution < -0.4 is 0 Å². The van der Waals surface area contributed by atoms with E-state index in [1.165, 1.54) is 12.4 Å². The fraction of sp³-hybridized carbons (Fsp3) is 0.444. The van der Waals surface area contributed by atoms with Crippen molar-refractivity contribution in [3.8, 4) is 0 Å². The van der Waals surface area contributed by atoms with Crippen LogP contribution in [0.25, 0.3) is 0 Å². The molecule has 0 saturated carbocycles. The molecule has 2 aromatic rings. The van der Waals surface area contributed by atoms with Crippen LogP contribution in [-0.4, -0.2) is 28.7 Å². The van der Waals surface area contributed by atoms with Crippen molar-refractivity contribution in [2.24, 2.45) is 5.41 Å². The number of nitrogens with zero attached hydrogens (tertiary/aromatic N) is 1. The van der Waals surface area contributed by atoms with Gasteiger partial charge in [0, 0.05) is 17.5 Å². The highest BCUT2D eigenvalue weighted by Crippen LogP contribution is 2.44. The molecule has 0 heterocycles. The van der Waals surface area contributed by atoms with E-state index in [2.05, 4.69) is 43.8 Å². The molecule has 0 aliphatic carbocycles. The predicted molar refractivity (Wildman–Crippen MR) is 140 cm³/mol. The largest absolute Gasteiger partial charge is 0.303 e. The third kappa shape index (κ3) is 6.80. The molecule has 32 heavy (non-hydrogen) atoms. The third-order valence-electron chi connectivity index (χ3n) is 6.07. The van der Waals surface area contributed by atoms with E-state index in [-0.39, 0.29) is 10.6 Å². The molecule has 0 radical (unpaired) electrons. The Hall–Kier alpha value is -2.40. The van der Waals surface area contributed by atoms with E-state index >= 15 is 0 Å². The Bertz CT molecular complexity index is 1030. The maximum absolute atomic E-state index is 12.4. The molecule has 0 spiro atoms. The number of carbonyl (C=O) groups is 1. The van der Waals surface area contributed by atoms with Gasteiger partial charge in [-0.1, -0.05) is 81.1 Å². The highest BCUT2D eigenvalue weighted by Gasteiger charge is 2.31. The summed E-state index contributed by atoms with van der Waals surface area (Å²) in [4.78, 5) is 24.3. The monoisotopic (exact) mass is 455 g/mol. The number of aryl methyl sites for hydroxylation is 1. The molecule has 2 aromatic carbocycles. The molecule has 5 heteroatoms. The molecule has 174 valence electrons. The van der Waals surface area contributed by atoms with Crippen LogP contribution in [0.2, 0.25) is 0 Å². The lowest BCUT2D eigenvalue weighted by Crippen LogP contribution is -2.27. The first-order valence-corrected chi connectivity index (χ1v) is 13.6. The molecule has 0 atom stereocenters. The standard InChI is InChI=1S/C27H37NO3S/c1-6-8-15-27(20-29,16-9-7-2)21-32(4,5)26-14-13-22(3)17-24(26)18-23-11-10-12-25(19-23)28(30)31/h10-14,17,19-20H,4-9,15-16,18,21H2,1-3H3. The van der Waals surface area contributed by atoms with Crippen molar-refractivity contribution in [1.29, 1.82) is 0 Å². The second-order valence-electron chi connectivity index (χ2n) is 9.09. The Balaban J connectivity index is 2.45. The number of hydrogen-bond donors (Lipinski definition) is 0. The Morgan fingerprint density at radius 2 is 1.72 bits per heavy atom. The summed E-state index contributed by atoms with van der Waals surface area (Å²) in [7, 11) is -1.75. The van der Waals surface area contributed by atoms with E-state index in [4.69, 9.17) is 0 Å². The second kappa shape index (κ2) is 11.5. The zero-order valence-electron chi connectivity index (χ0n) is 19.8. The van der Waals surface area contributed by atoms with E-state index in [1.807, 2.05) is 13.0 Å². The van der Waals surface area contributed by atoms with Crippen LogP contribution in [0.1, 0.15) is 69.1 Å². The van der Waals surface area contributed by atoms with Gasteiger partial charge in [0.05, 0.1) is 4.92 Å². The van der Waals surface area contributed by atoms with Gasteiger partial charge in [0.1, 0.15) is 6.29 Å². The summed E-state index contributed by atoms with van der Waals surface area (Å²) in [5, 5.41) is 11.2. The van der Waals surface area contributed by atoms with Crippen LogP contribution in [0.3, 0.4) is 0 Å². The van der Waals surface area contributed by atoms with Crippen molar-refractivity contribution >= 4 is 32.9 Å². The molecule has 0 N–H and O–H groups in total. The van der Waals surface area contributed by atoms with Crippen molar-refractivity contribution < 1.29 is 9.72 Å². The molecular weight excluding hydrogens is 418 g/mol. The predicted octanol–water partition coefficient (Wildman–Crippen LogP) is 7.09. The van der Waals surface area contributed by atoms with E-state index < -0.39 is 14.6 Å². The minimum Gasteiger partial charge on any atom is -0.303 e. The lowest BCUT2D eigenvalue weighted by Gasteiger charge is -2.33. The summed E-state index contributed by atoms with van der Waals surface area (Å²) in [5.74, 6) is 9.82. The van der Waals surface area contributed by atoms with Crippen LogP contribution in [0, 0.1) is 22.5 Å². The lowest BCUT2D eigenvalue weighted by atomic mass is 9.81. The van der Waals surface area contributed by atoms with E-state index in [1.54, 1.807) is 12.1 Å². The molecular formula is C27H37NO3S. The molecule has 0 amide bonds. The van der Waals surface area contributed by atoms with Crippen LogP contribution in [0.4, 0.5) is 5.69 Å². The first-order valence-electron chi connectivity index (χ1n) is 11.4. The van der Waals surface area contributed by atoms with Crippen molar-refractivity contribution in [1.82, 2.24) is 0 Å². The minimum atomic E-state index is -1.75. The van der Waals surface area contributed by atoms with Gasteiger partial charge in [0.25, 0.3) is 5.69 Å². The highest BCUT2D eigenvalue weighted by atomic mass is 32.2. The summed E-state index contributed by atoms with van der Waals surface area (Å²) < 4.78 is 0. The van der Waals surface area contributed by atoms with Gasteiger partial charge in [0.15, 0.2) is 0 Å². The minimum absolute atomic E-state index is 0.0960. The van der Waals surface area contributed by atoms with Crippen molar-refractivity contribution in [2.75, 3.05) is 5.75 Å². The SMILES string of the molecule is C=S(=C)(CC(C=O)(CCCC)CCCC)c1ccc(C)cc1Cc1cccc([N+](=O)[O-])c1. The van der Waals surface area contributed by atoms with Crippen LogP contribution in [0.5, 0.6) is 0 Å². The molecule has 0 saturated heterocycles. The summed E-state index contributed by atoms with van der Waals surface area (Å²) in [6, 6.07) is 13.1. The van der Waals surface area contributed by atoms with Crippen molar-refractivity contribution in [3.63, 3.8) is 0 Å². The van der Waals surface area contributed by atoms with Crippen LogP contribution >= 0.6 is 9.21 Å². The highest BCUT2D eigenvalue weighted by molar-refractivity contribution is 8.27. The molecule has 0 aliphatic heterocycles. The maximum Gasteiger partial charge on any atom is 0.269 e. The number of rotatable bonds is 13. The van der Waals surface area contributed by atoms with Gasteiger partial charge >= 0.3 is 0 Å². The second-order valence-corrected chi connectivity index (χ2v) is 11.9. The van der Waals surface area contributed by atoms with Gasteiger partial charge in [-0.15, -0.1) is 0 Å². The number of non-ortho nitro benzene ring substituents is 1. The molecule has 2 rings (SSSR count). The quantitative estimate of drug-likeness (QED) is 0.140. The molecule has 0 fully saturated rings. The maximum atomic E-state index is 12.4. The number of nitro groups is 1. The average molecular weight is 456 g/mol. The van der Waals surface area contributed by atoms with Gasteiger partial charge in [-0.3, -0.25) is 10.1 Å². The van der Waals surface area contributed by atoms with Crippen LogP contribution in [-0.2, 0) is 11.2 Å². The van der Waals surface area contributed by atoms with Gasteiger partial charge in [-0.25, -0.2) is 0 Å². The number of aldehydes is 1. The molecule has 0 aliphatic rings. The zero-order chi connectivity index (χ0) is 23.8. The first kappa shape index (κ1) is 25.9. The van der Waals surface area contributed by atoms with Gasteiger partial charge in [-0.2, -0.15) is 9.21 Å². The Morgan fingerprint density at radius 1 is 1.06 bits per heavy atom. The van der Waals surface area contributed by atoms with E-state index in [0.717, 1.165) is 60.1 Å². The Labute approximate surface area is 193 Å². The normalized spacial score (nSPS) is 12.0. The molecule has 0 unspecified atom stereocenters. The number of unbranched alkanes of at least 4 members (excludes halogenated alkanes) is 2. The first-order chi connectivity index (χ1) is 15.2. The zero-order valence-corrected chi connectivity index (χ0v) is 20.6. The summed E-state index contributed by atoms with van der Waals surface area (Å²) >= 11 is 0. The fourth-order valence-electron chi connectivity index (χ4n) is 4.38. The van der Waals surface area contributed by atoms with Crippen molar-refractivity contribution in [2.45, 2.75) is 70.6 Å². The van der Waals surface area contributed by atoms with Crippen molar-refractivity contribution in [3.05, 3.63) is 69.3 Å².